The van der Waals surface area contributed by atoms with Crippen molar-refractivity contribution < 1.29 is 8.42 Å². The molecule has 2 N–H and O–H groups in total. The van der Waals surface area contributed by atoms with Gasteiger partial charge in [0.1, 0.15) is 4.21 Å². The molecule has 1 aromatic heterocycles. The number of sulfonamides is 1. The van der Waals surface area contributed by atoms with Crippen molar-refractivity contribution in [1.29, 1.82) is 0 Å². The summed E-state index contributed by atoms with van der Waals surface area (Å²) in [5.74, 6) is 0. The molecule has 104 valence electrons. The lowest BCUT2D eigenvalue weighted by molar-refractivity contribution is 0.370. The number of hydrogen-bond acceptors (Lipinski definition) is 5. The molecule has 0 amide bonds. The Kier molecular flexibility index (Phi) is 5.74. The molecule has 18 heavy (non-hydrogen) atoms. The van der Waals surface area contributed by atoms with Crippen LogP contribution in [0.25, 0.3) is 0 Å². The monoisotopic (exact) mass is 291 g/mol. The topological polar surface area (TPSA) is 61.4 Å². The van der Waals surface area contributed by atoms with Crippen LogP contribution in [0.5, 0.6) is 0 Å². The quantitative estimate of drug-likeness (QED) is 0.776. The summed E-state index contributed by atoms with van der Waals surface area (Å²) in [6.07, 6.45) is 0. The molecule has 1 aromatic rings. The predicted octanol–water partition coefficient (Wildman–Crippen LogP) is 0.696. The molecule has 0 aliphatic rings. The van der Waals surface area contributed by atoms with Gasteiger partial charge >= 0.3 is 0 Å². The van der Waals surface area contributed by atoms with Crippen LogP contribution >= 0.6 is 11.3 Å². The molecule has 1 heterocycles. The van der Waals surface area contributed by atoms with Crippen LogP contribution in [0, 0.1) is 0 Å². The second-order valence-corrected chi connectivity index (χ2v) is 7.64. The Morgan fingerprint density at radius 3 is 2.61 bits per heavy atom. The van der Waals surface area contributed by atoms with Crippen molar-refractivity contribution in [2.75, 3.05) is 27.7 Å². The SMILES string of the molecule is CNCc1ccc(S(=O)(=O)NC(C)CN(C)C)s1. The maximum Gasteiger partial charge on any atom is 0.250 e. The van der Waals surface area contributed by atoms with E-state index in [1.54, 1.807) is 6.07 Å². The molecule has 1 atom stereocenters. The maximum absolute atomic E-state index is 12.1. The lowest BCUT2D eigenvalue weighted by Gasteiger charge is -2.17. The second kappa shape index (κ2) is 6.63. The number of rotatable bonds is 7. The molecule has 0 aromatic carbocycles. The average molecular weight is 291 g/mol. The van der Waals surface area contributed by atoms with E-state index in [1.807, 2.05) is 39.0 Å². The first-order chi connectivity index (χ1) is 8.35. The Bertz CT molecular complexity index is 468. The van der Waals surface area contributed by atoms with E-state index < -0.39 is 10.0 Å². The lowest BCUT2D eigenvalue weighted by Crippen LogP contribution is -2.39. The highest BCUT2D eigenvalue weighted by molar-refractivity contribution is 7.91. The van der Waals surface area contributed by atoms with Gasteiger partial charge in [-0.3, -0.25) is 0 Å². The molecule has 1 unspecified atom stereocenters. The van der Waals surface area contributed by atoms with Crippen molar-refractivity contribution in [3.05, 3.63) is 17.0 Å². The fraction of sp³-hybridized carbons (Fsp3) is 0.636. The predicted molar refractivity (Wildman–Crippen MR) is 75.4 cm³/mol. The molecule has 0 bridgehead atoms. The Morgan fingerprint density at radius 1 is 1.39 bits per heavy atom. The van der Waals surface area contributed by atoms with Crippen molar-refractivity contribution in [1.82, 2.24) is 14.9 Å². The van der Waals surface area contributed by atoms with E-state index in [0.29, 0.717) is 17.3 Å². The molecule has 0 saturated heterocycles. The smallest absolute Gasteiger partial charge is 0.250 e. The van der Waals surface area contributed by atoms with Crippen LogP contribution in [-0.4, -0.2) is 47.0 Å². The lowest BCUT2D eigenvalue weighted by atomic mass is 10.3. The van der Waals surface area contributed by atoms with Crippen molar-refractivity contribution in [2.24, 2.45) is 0 Å². The van der Waals surface area contributed by atoms with Gasteiger partial charge in [-0.15, -0.1) is 11.3 Å². The fourth-order valence-corrected chi connectivity index (χ4v) is 4.30. The molecular weight excluding hydrogens is 270 g/mol. The number of nitrogens with one attached hydrogen (secondary N) is 2. The first-order valence-electron chi connectivity index (χ1n) is 5.75. The van der Waals surface area contributed by atoms with Gasteiger partial charge in [0.25, 0.3) is 0 Å². The Morgan fingerprint density at radius 2 is 2.06 bits per heavy atom. The molecule has 0 aliphatic heterocycles. The van der Waals surface area contributed by atoms with Gasteiger partial charge in [-0.05, 0) is 40.2 Å². The van der Waals surface area contributed by atoms with E-state index in [9.17, 15) is 8.42 Å². The van der Waals surface area contributed by atoms with Crippen LogP contribution in [-0.2, 0) is 16.6 Å². The van der Waals surface area contributed by atoms with E-state index in [2.05, 4.69) is 10.0 Å². The zero-order valence-corrected chi connectivity index (χ0v) is 12.9. The largest absolute Gasteiger partial charge is 0.315 e. The van der Waals surface area contributed by atoms with Crippen molar-refractivity contribution >= 4 is 21.4 Å². The summed E-state index contributed by atoms with van der Waals surface area (Å²) in [5.41, 5.74) is 0. The van der Waals surface area contributed by atoms with E-state index in [4.69, 9.17) is 0 Å². The van der Waals surface area contributed by atoms with Gasteiger partial charge in [-0.25, -0.2) is 13.1 Å². The fourth-order valence-electron chi connectivity index (χ4n) is 1.68. The van der Waals surface area contributed by atoms with Gasteiger partial charge in [-0.1, -0.05) is 0 Å². The highest BCUT2D eigenvalue weighted by Gasteiger charge is 2.19. The summed E-state index contributed by atoms with van der Waals surface area (Å²) in [6, 6.07) is 3.38. The third-order valence-electron chi connectivity index (χ3n) is 2.25. The standard InChI is InChI=1S/C11H21N3O2S2/c1-9(8-14(3)4)13-18(15,16)11-6-5-10(17-11)7-12-2/h5-6,9,12-13H,7-8H2,1-4H3. The molecule has 0 fully saturated rings. The first-order valence-corrected chi connectivity index (χ1v) is 8.05. The van der Waals surface area contributed by atoms with Crippen molar-refractivity contribution in [2.45, 2.75) is 23.7 Å². The minimum atomic E-state index is -3.39. The minimum absolute atomic E-state index is 0.111. The van der Waals surface area contributed by atoms with Crippen LogP contribution < -0.4 is 10.0 Å². The molecule has 0 radical (unpaired) electrons. The van der Waals surface area contributed by atoms with Gasteiger partial charge in [0.2, 0.25) is 10.0 Å². The van der Waals surface area contributed by atoms with Crippen molar-refractivity contribution in [3.8, 4) is 0 Å². The van der Waals surface area contributed by atoms with E-state index in [-0.39, 0.29) is 6.04 Å². The van der Waals surface area contributed by atoms with Crippen LogP contribution in [0.1, 0.15) is 11.8 Å². The van der Waals surface area contributed by atoms with E-state index in [1.165, 1.54) is 11.3 Å². The molecule has 0 aliphatic carbocycles. The van der Waals surface area contributed by atoms with Crippen LogP contribution in [0.15, 0.2) is 16.3 Å². The molecule has 5 nitrogen and oxygen atoms in total. The van der Waals surface area contributed by atoms with Crippen LogP contribution in [0.4, 0.5) is 0 Å². The average Bonchev–Trinajstić information content (AvgIpc) is 2.65. The molecule has 7 heteroatoms. The van der Waals surface area contributed by atoms with Crippen molar-refractivity contribution in [3.63, 3.8) is 0 Å². The van der Waals surface area contributed by atoms with E-state index in [0.717, 1.165) is 4.88 Å². The summed E-state index contributed by atoms with van der Waals surface area (Å²) in [7, 11) is 2.29. The van der Waals surface area contributed by atoms with Gasteiger partial charge in [-0.2, -0.15) is 0 Å². The Labute approximate surface area is 113 Å². The number of likely N-dealkylation sites (N-methyl/N-ethyl adjacent to an activating group) is 1. The highest BCUT2D eigenvalue weighted by Crippen LogP contribution is 2.21. The summed E-state index contributed by atoms with van der Waals surface area (Å²) >= 11 is 1.30. The number of thiophene rings is 1. The summed E-state index contributed by atoms with van der Waals surface area (Å²) in [6.45, 7) is 3.22. The third kappa shape index (κ3) is 4.66. The third-order valence-corrected chi connectivity index (χ3v) is 5.41. The van der Waals surface area contributed by atoms with E-state index >= 15 is 0 Å². The van der Waals surface area contributed by atoms with Gasteiger partial charge in [0.15, 0.2) is 0 Å². The molecule has 1 rings (SSSR count). The zero-order chi connectivity index (χ0) is 13.8. The van der Waals surface area contributed by atoms with Gasteiger partial charge < -0.3 is 10.2 Å². The Hall–Kier alpha value is -0.470. The molecule has 0 saturated carbocycles. The van der Waals surface area contributed by atoms with Gasteiger partial charge in [0.05, 0.1) is 0 Å². The first kappa shape index (κ1) is 15.6. The van der Waals surface area contributed by atoms with Crippen LogP contribution in [0.2, 0.25) is 0 Å². The Balaban J connectivity index is 2.73. The zero-order valence-electron chi connectivity index (χ0n) is 11.2. The van der Waals surface area contributed by atoms with Crippen LogP contribution in [0.3, 0.4) is 0 Å². The second-order valence-electron chi connectivity index (χ2n) is 4.54. The normalized spacial score (nSPS) is 14.1. The molecule has 0 spiro atoms. The maximum atomic E-state index is 12.1. The summed E-state index contributed by atoms with van der Waals surface area (Å²) in [4.78, 5) is 2.96. The number of nitrogens with zero attached hydrogens (tertiary/aromatic N) is 1. The van der Waals surface area contributed by atoms with Gasteiger partial charge in [0, 0.05) is 24.0 Å². The number of hydrogen-bond donors (Lipinski definition) is 2. The minimum Gasteiger partial charge on any atom is -0.315 e. The summed E-state index contributed by atoms with van der Waals surface area (Å²) in [5, 5.41) is 3.00. The highest BCUT2D eigenvalue weighted by atomic mass is 32.2. The summed E-state index contributed by atoms with van der Waals surface area (Å²) < 4.78 is 27.3. The molecular formula is C11H21N3O2S2.